The third-order valence-electron chi connectivity index (χ3n) is 3.10. The molecule has 2 nitrogen and oxygen atoms in total. The van der Waals surface area contributed by atoms with E-state index in [0.29, 0.717) is 4.88 Å². The standard InChI is InChI=1S/C16H11FO2S/c1-19-16(18)15-9-13-12(3-2-4-14(13)20-15)10-5-7-11(17)8-6-10/h2-9H,1H3. The van der Waals surface area contributed by atoms with Gasteiger partial charge in [-0.2, -0.15) is 0 Å². The number of fused-ring (bicyclic) bond motifs is 1. The van der Waals surface area contributed by atoms with Gasteiger partial charge < -0.3 is 4.74 Å². The number of ether oxygens (including phenoxy) is 1. The Balaban J connectivity index is 2.18. The summed E-state index contributed by atoms with van der Waals surface area (Å²) in [5.74, 6) is -0.599. The summed E-state index contributed by atoms with van der Waals surface area (Å²) in [6, 6.07) is 14.0. The predicted molar refractivity (Wildman–Crippen MR) is 78.6 cm³/mol. The highest BCUT2D eigenvalue weighted by molar-refractivity contribution is 7.20. The van der Waals surface area contributed by atoms with E-state index in [4.69, 9.17) is 4.74 Å². The largest absolute Gasteiger partial charge is 0.465 e. The van der Waals surface area contributed by atoms with Gasteiger partial charge in [-0.05, 0) is 35.4 Å². The van der Waals surface area contributed by atoms with E-state index in [0.717, 1.165) is 21.2 Å². The molecule has 20 heavy (non-hydrogen) atoms. The van der Waals surface area contributed by atoms with Crippen LogP contribution in [-0.4, -0.2) is 13.1 Å². The molecule has 1 heterocycles. The number of halogens is 1. The van der Waals surface area contributed by atoms with Gasteiger partial charge in [-0.15, -0.1) is 11.3 Å². The molecular weight excluding hydrogens is 275 g/mol. The molecule has 0 radical (unpaired) electrons. The third-order valence-corrected chi connectivity index (χ3v) is 4.18. The van der Waals surface area contributed by atoms with Crippen LogP contribution in [0.3, 0.4) is 0 Å². The topological polar surface area (TPSA) is 26.3 Å². The number of carbonyl (C=O) groups is 1. The van der Waals surface area contributed by atoms with E-state index in [2.05, 4.69) is 0 Å². The minimum absolute atomic E-state index is 0.263. The van der Waals surface area contributed by atoms with Gasteiger partial charge in [0.1, 0.15) is 10.7 Å². The molecule has 0 saturated heterocycles. The van der Waals surface area contributed by atoms with Crippen molar-refractivity contribution in [2.45, 2.75) is 0 Å². The van der Waals surface area contributed by atoms with E-state index in [-0.39, 0.29) is 11.8 Å². The Morgan fingerprint density at radius 2 is 1.90 bits per heavy atom. The quantitative estimate of drug-likeness (QED) is 0.649. The molecule has 0 aliphatic rings. The van der Waals surface area contributed by atoms with E-state index in [1.807, 2.05) is 24.3 Å². The Hall–Kier alpha value is -2.20. The summed E-state index contributed by atoms with van der Waals surface area (Å²) in [7, 11) is 1.37. The molecule has 0 saturated carbocycles. The van der Waals surface area contributed by atoms with Crippen LogP contribution < -0.4 is 0 Å². The Labute approximate surface area is 119 Å². The first-order valence-electron chi connectivity index (χ1n) is 6.06. The first-order valence-corrected chi connectivity index (χ1v) is 6.87. The van der Waals surface area contributed by atoms with E-state index in [1.54, 1.807) is 12.1 Å². The number of rotatable bonds is 2. The minimum Gasteiger partial charge on any atom is -0.465 e. The van der Waals surface area contributed by atoms with Gasteiger partial charge in [0.25, 0.3) is 0 Å². The number of hydrogen-bond donors (Lipinski definition) is 0. The molecule has 3 rings (SSSR count). The normalized spacial score (nSPS) is 10.7. The zero-order valence-corrected chi connectivity index (χ0v) is 11.5. The maximum Gasteiger partial charge on any atom is 0.348 e. The van der Waals surface area contributed by atoms with Crippen molar-refractivity contribution in [1.82, 2.24) is 0 Å². The van der Waals surface area contributed by atoms with E-state index >= 15 is 0 Å². The molecule has 4 heteroatoms. The van der Waals surface area contributed by atoms with E-state index in [1.165, 1.54) is 30.6 Å². The van der Waals surface area contributed by atoms with Crippen molar-refractivity contribution in [3.05, 3.63) is 59.2 Å². The molecular formula is C16H11FO2S. The molecule has 1 aromatic heterocycles. The monoisotopic (exact) mass is 286 g/mol. The van der Waals surface area contributed by atoms with Gasteiger partial charge in [-0.25, -0.2) is 9.18 Å². The third kappa shape index (κ3) is 2.18. The smallest absolute Gasteiger partial charge is 0.348 e. The molecule has 0 amide bonds. The number of carbonyl (C=O) groups excluding carboxylic acids is 1. The maximum atomic E-state index is 13.0. The average Bonchev–Trinajstić information content (AvgIpc) is 2.91. The second-order valence-electron chi connectivity index (χ2n) is 4.33. The minimum atomic E-state index is -0.337. The fraction of sp³-hybridized carbons (Fsp3) is 0.0625. The Morgan fingerprint density at radius 3 is 2.60 bits per heavy atom. The number of benzene rings is 2. The zero-order valence-electron chi connectivity index (χ0n) is 10.7. The summed E-state index contributed by atoms with van der Waals surface area (Å²) >= 11 is 1.39. The summed E-state index contributed by atoms with van der Waals surface area (Å²) in [4.78, 5) is 12.2. The molecule has 0 fully saturated rings. The summed E-state index contributed by atoms with van der Waals surface area (Å²) in [6.45, 7) is 0. The van der Waals surface area contributed by atoms with Crippen LogP contribution in [0.1, 0.15) is 9.67 Å². The lowest BCUT2D eigenvalue weighted by molar-refractivity contribution is 0.0606. The van der Waals surface area contributed by atoms with Gasteiger partial charge >= 0.3 is 5.97 Å². The van der Waals surface area contributed by atoms with Gasteiger partial charge in [0, 0.05) is 10.1 Å². The molecule has 3 aromatic rings. The van der Waals surface area contributed by atoms with Crippen LogP contribution in [-0.2, 0) is 4.74 Å². The lowest BCUT2D eigenvalue weighted by Gasteiger charge is -2.03. The number of methoxy groups -OCH3 is 1. The van der Waals surface area contributed by atoms with E-state index in [9.17, 15) is 9.18 Å². The lowest BCUT2D eigenvalue weighted by atomic mass is 10.0. The molecule has 0 atom stereocenters. The van der Waals surface area contributed by atoms with Crippen molar-refractivity contribution >= 4 is 27.4 Å². The molecule has 0 aliphatic carbocycles. The van der Waals surface area contributed by atoms with Crippen LogP contribution in [0.4, 0.5) is 4.39 Å². The Bertz CT molecular complexity index is 775. The van der Waals surface area contributed by atoms with Crippen LogP contribution in [0.2, 0.25) is 0 Å². The summed E-state index contributed by atoms with van der Waals surface area (Å²) in [6.07, 6.45) is 0. The second-order valence-corrected chi connectivity index (χ2v) is 5.41. The molecule has 100 valence electrons. The van der Waals surface area contributed by atoms with Crippen molar-refractivity contribution < 1.29 is 13.9 Å². The predicted octanol–water partition coefficient (Wildman–Crippen LogP) is 4.49. The Morgan fingerprint density at radius 1 is 1.15 bits per heavy atom. The lowest BCUT2D eigenvalue weighted by Crippen LogP contribution is -1.96. The highest BCUT2D eigenvalue weighted by Crippen LogP contribution is 2.34. The van der Waals surface area contributed by atoms with Crippen LogP contribution in [0.15, 0.2) is 48.5 Å². The number of esters is 1. The van der Waals surface area contributed by atoms with Gasteiger partial charge in [-0.1, -0.05) is 24.3 Å². The highest BCUT2D eigenvalue weighted by atomic mass is 32.1. The van der Waals surface area contributed by atoms with Crippen molar-refractivity contribution in [3.63, 3.8) is 0 Å². The van der Waals surface area contributed by atoms with Gasteiger partial charge in [0.15, 0.2) is 0 Å². The van der Waals surface area contributed by atoms with Crippen LogP contribution in [0, 0.1) is 5.82 Å². The van der Waals surface area contributed by atoms with Gasteiger partial charge in [0.2, 0.25) is 0 Å². The fourth-order valence-electron chi connectivity index (χ4n) is 2.14. The molecule has 0 unspecified atom stereocenters. The first-order chi connectivity index (χ1) is 9.69. The maximum absolute atomic E-state index is 13.0. The van der Waals surface area contributed by atoms with Crippen molar-refractivity contribution in [2.75, 3.05) is 7.11 Å². The first kappa shape index (κ1) is 12.8. The Kier molecular flexibility index (Phi) is 3.24. The van der Waals surface area contributed by atoms with Crippen LogP contribution >= 0.6 is 11.3 Å². The fourth-order valence-corrected chi connectivity index (χ4v) is 3.15. The van der Waals surface area contributed by atoms with Crippen molar-refractivity contribution in [2.24, 2.45) is 0 Å². The van der Waals surface area contributed by atoms with E-state index < -0.39 is 0 Å². The molecule has 0 N–H and O–H groups in total. The summed E-state index contributed by atoms with van der Waals surface area (Å²) in [5.41, 5.74) is 1.90. The molecule has 0 aliphatic heterocycles. The number of thiophene rings is 1. The van der Waals surface area contributed by atoms with Gasteiger partial charge in [0.05, 0.1) is 7.11 Å². The van der Waals surface area contributed by atoms with Crippen molar-refractivity contribution in [3.8, 4) is 11.1 Å². The zero-order chi connectivity index (χ0) is 14.1. The molecule has 2 aromatic carbocycles. The molecule has 0 bridgehead atoms. The van der Waals surface area contributed by atoms with Crippen LogP contribution in [0.5, 0.6) is 0 Å². The number of hydrogen-bond acceptors (Lipinski definition) is 3. The SMILES string of the molecule is COC(=O)c1cc2c(-c3ccc(F)cc3)cccc2s1. The second kappa shape index (κ2) is 5.06. The van der Waals surface area contributed by atoms with Crippen molar-refractivity contribution in [1.29, 1.82) is 0 Å². The molecule has 0 spiro atoms. The average molecular weight is 286 g/mol. The summed E-state index contributed by atoms with van der Waals surface area (Å²) < 4.78 is 18.8. The highest BCUT2D eigenvalue weighted by Gasteiger charge is 2.13. The summed E-state index contributed by atoms with van der Waals surface area (Å²) in [5, 5.41) is 0.976. The van der Waals surface area contributed by atoms with Crippen LogP contribution in [0.25, 0.3) is 21.2 Å². The van der Waals surface area contributed by atoms with Gasteiger partial charge in [-0.3, -0.25) is 0 Å².